The van der Waals surface area contributed by atoms with Crippen molar-refractivity contribution >= 4 is 11.5 Å². The zero-order valence-corrected chi connectivity index (χ0v) is 6.49. The van der Waals surface area contributed by atoms with Gasteiger partial charge in [0.25, 0.3) is 0 Å². The number of rotatable bonds is 2. The maximum absolute atomic E-state index is 10.7. The lowest BCUT2D eigenvalue weighted by Crippen LogP contribution is -2.12. The van der Waals surface area contributed by atoms with Crippen LogP contribution in [0.1, 0.15) is 20.8 Å². The second kappa shape index (κ2) is 3.15. The van der Waals surface area contributed by atoms with E-state index in [1.807, 2.05) is 0 Å². The van der Waals surface area contributed by atoms with Crippen LogP contribution in [0.15, 0.2) is 11.3 Å². The maximum Gasteiger partial charge on any atom is 0.163 e. The molecule has 56 valence electrons. The maximum atomic E-state index is 10.7. The van der Waals surface area contributed by atoms with Gasteiger partial charge in [-0.2, -0.15) is 0 Å². The van der Waals surface area contributed by atoms with Crippen molar-refractivity contribution in [2.75, 3.05) is 0 Å². The molecule has 0 aromatic carbocycles. The minimum atomic E-state index is -0.146. The molecule has 0 aliphatic heterocycles. The fraction of sp³-hybridized carbons (Fsp3) is 0.429. The first-order chi connectivity index (χ1) is 4.46. The summed E-state index contributed by atoms with van der Waals surface area (Å²) >= 11 is 0. The largest absolute Gasteiger partial charge is 0.402 e. The Labute approximate surface area is 60.4 Å². The molecule has 3 nitrogen and oxygen atoms in total. The van der Waals surface area contributed by atoms with Crippen LogP contribution in [0.25, 0.3) is 0 Å². The molecule has 3 heteroatoms. The molecule has 0 aromatic heterocycles. The molecule has 3 N–H and O–H groups in total. The Morgan fingerprint density at radius 2 is 1.70 bits per heavy atom. The molecule has 0 amide bonds. The van der Waals surface area contributed by atoms with Crippen LogP contribution in [0.2, 0.25) is 0 Å². The van der Waals surface area contributed by atoms with Crippen molar-refractivity contribution < 1.29 is 4.79 Å². The third-order valence-corrected chi connectivity index (χ3v) is 1.12. The predicted molar refractivity (Wildman–Crippen MR) is 41.0 cm³/mol. The average molecular weight is 140 g/mol. The summed E-state index contributed by atoms with van der Waals surface area (Å²) in [4.78, 5) is 10.7. The number of nitrogens with one attached hydrogen (secondary N) is 1. The van der Waals surface area contributed by atoms with E-state index in [4.69, 9.17) is 11.1 Å². The lowest BCUT2D eigenvalue weighted by molar-refractivity contribution is -0.113. The fourth-order valence-corrected chi connectivity index (χ4v) is 0.837. The molecular weight excluding hydrogens is 128 g/mol. The van der Waals surface area contributed by atoms with E-state index >= 15 is 0 Å². The second-order valence-corrected chi connectivity index (χ2v) is 2.24. The quantitative estimate of drug-likeness (QED) is 0.441. The van der Waals surface area contributed by atoms with Gasteiger partial charge in [0.1, 0.15) is 0 Å². The van der Waals surface area contributed by atoms with Crippen LogP contribution in [0.5, 0.6) is 0 Å². The van der Waals surface area contributed by atoms with E-state index in [0.717, 1.165) is 0 Å². The molecule has 0 unspecified atom stereocenters. The predicted octanol–water partition coefficient (Wildman–Crippen LogP) is 0.848. The first-order valence-corrected chi connectivity index (χ1v) is 2.99. The Morgan fingerprint density at radius 1 is 1.30 bits per heavy atom. The van der Waals surface area contributed by atoms with E-state index in [1.54, 1.807) is 13.8 Å². The van der Waals surface area contributed by atoms with Crippen LogP contribution in [0, 0.1) is 5.41 Å². The number of Topliss-reactive ketones (excluding diaryl/α,β-unsaturated/α-hetero) is 1. The highest BCUT2D eigenvalue weighted by atomic mass is 16.1. The number of hydrogen-bond donors (Lipinski definition) is 2. The standard InChI is InChI=1S/C7H12N2O/c1-4(8)7(5(2)9)6(3)10/h8H,9H2,1-3H3/b7-5-,8-4?. The van der Waals surface area contributed by atoms with Crippen LogP contribution < -0.4 is 5.73 Å². The summed E-state index contributed by atoms with van der Waals surface area (Å²) in [5.74, 6) is -0.146. The Morgan fingerprint density at radius 3 is 1.70 bits per heavy atom. The Bertz CT molecular complexity index is 184. The number of ketones is 1. The molecule has 0 radical (unpaired) electrons. The number of hydrogen-bond acceptors (Lipinski definition) is 3. The summed E-state index contributed by atoms with van der Waals surface area (Å²) in [6.07, 6.45) is 0. The van der Waals surface area contributed by atoms with Crippen LogP contribution in [0.3, 0.4) is 0 Å². The van der Waals surface area contributed by atoms with E-state index in [2.05, 4.69) is 0 Å². The van der Waals surface area contributed by atoms with Gasteiger partial charge in [-0.15, -0.1) is 0 Å². The summed E-state index contributed by atoms with van der Waals surface area (Å²) in [6, 6.07) is 0. The second-order valence-electron chi connectivity index (χ2n) is 2.24. The van der Waals surface area contributed by atoms with Crippen LogP contribution in [-0.4, -0.2) is 11.5 Å². The summed E-state index contributed by atoms with van der Waals surface area (Å²) < 4.78 is 0. The zero-order chi connectivity index (χ0) is 8.31. The summed E-state index contributed by atoms with van der Waals surface area (Å²) in [7, 11) is 0. The van der Waals surface area contributed by atoms with Crippen molar-refractivity contribution in [2.24, 2.45) is 5.73 Å². The molecule has 0 aliphatic rings. The molecule has 0 saturated heterocycles. The molecule has 0 aromatic rings. The van der Waals surface area contributed by atoms with E-state index in [1.165, 1.54) is 6.92 Å². The third-order valence-electron chi connectivity index (χ3n) is 1.12. The first-order valence-electron chi connectivity index (χ1n) is 2.99. The molecule has 0 aliphatic carbocycles. The molecule has 0 atom stereocenters. The number of carbonyl (C=O) groups excluding carboxylic acids is 1. The zero-order valence-electron chi connectivity index (χ0n) is 6.49. The summed E-state index contributed by atoms with van der Waals surface area (Å²) in [5, 5.41) is 7.15. The van der Waals surface area contributed by atoms with Gasteiger partial charge in [-0.1, -0.05) is 0 Å². The van der Waals surface area contributed by atoms with Crippen molar-refractivity contribution in [1.82, 2.24) is 0 Å². The number of carbonyl (C=O) groups is 1. The highest BCUT2D eigenvalue weighted by Gasteiger charge is 2.07. The van der Waals surface area contributed by atoms with Gasteiger partial charge in [-0.05, 0) is 20.8 Å². The Hall–Kier alpha value is -1.12. The summed E-state index contributed by atoms with van der Waals surface area (Å²) in [5.41, 5.74) is 6.34. The van der Waals surface area contributed by atoms with Crippen molar-refractivity contribution in [3.63, 3.8) is 0 Å². The van der Waals surface area contributed by atoms with E-state index in [9.17, 15) is 4.79 Å². The van der Waals surface area contributed by atoms with Gasteiger partial charge < -0.3 is 11.1 Å². The normalized spacial score (nSPS) is 12.3. The van der Waals surface area contributed by atoms with E-state index in [0.29, 0.717) is 11.3 Å². The molecule has 10 heavy (non-hydrogen) atoms. The minimum absolute atomic E-state index is 0.146. The molecule has 0 saturated carbocycles. The topological polar surface area (TPSA) is 66.9 Å². The van der Waals surface area contributed by atoms with Gasteiger partial charge in [0.05, 0.1) is 5.57 Å². The van der Waals surface area contributed by atoms with Gasteiger partial charge in [-0.3, -0.25) is 4.79 Å². The smallest absolute Gasteiger partial charge is 0.163 e. The lowest BCUT2D eigenvalue weighted by Gasteiger charge is -2.01. The van der Waals surface area contributed by atoms with Gasteiger partial charge in [0.15, 0.2) is 5.78 Å². The van der Waals surface area contributed by atoms with Gasteiger partial charge in [-0.25, -0.2) is 0 Å². The van der Waals surface area contributed by atoms with Crippen molar-refractivity contribution in [2.45, 2.75) is 20.8 Å². The highest BCUT2D eigenvalue weighted by molar-refractivity contribution is 6.20. The van der Waals surface area contributed by atoms with E-state index < -0.39 is 0 Å². The number of allylic oxidation sites excluding steroid dienone is 2. The lowest BCUT2D eigenvalue weighted by atomic mass is 10.1. The molecule has 0 fully saturated rings. The number of nitrogens with two attached hydrogens (primary N) is 1. The van der Waals surface area contributed by atoms with Crippen LogP contribution in [-0.2, 0) is 4.79 Å². The first kappa shape index (κ1) is 8.88. The monoisotopic (exact) mass is 140 g/mol. The molecular formula is C7H12N2O. The highest BCUT2D eigenvalue weighted by Crippen LogP contribution is 2.01. The Kier molecular flexibility index (Phi) is 2.80. The van der Waals surface area contributed by atoms with Gasteiger partial charge >= 0.3 is 0 Å². The van der Waals surface area contributed by atoms with Crippen molar-refractivity contribution in [3.05, 3.63) is 11.3 Å². The minimum Gasteiger partial charge on any atom is -0.402 e. The SMILES string of the molecule is CC(=N)/C(C(C)=O)=C(\C)N. The van der Waals surface area contributed by atoms with Crippen molar-refractivity contribution in [3.8, 4) is 0 Å². The molecule has 0 heterocycles. The average Bonchev–Trinajstić information content (AvgIpc) is 1.59. The fourth-order valence-electron chi connectivity index (χ4n) is 0.837. The van der Waals surface area contributed by atoms with E-state index in [-0.39, 0.29) is 11.5 Å². The van der Waals surface area contributed by atoms with Crippen molar-refractivity contribution in [1.29, 1.82) is 5.41 Å². The molecule has 0 spiro atoms. The summed E-state index contributed by atoms with van der Waals surface area (Å²) in [6.45, 7) is 4.58. The van der Waals surface area contributed by atoms with Gasteiger partial charge in [0, 0.05) is 11.4 Å². The van der Waals surface area contributed by atoms with Crippen LogP contribution in [0.4, 0.5) is 0 Å². The third kappa shape index (κ3) is 2.01. The van der Waals surface area contributed by atoms with Gasteiger partial charge in [0.2, 0.25) is 0 Å². The Balaban J connectivity index is 4.79. The van der Waals surface area contributed by atoms with Crippen LogP contribution >= 0.6 is 0 Å². The molecule has 0 rings (SSSR count). The molecule has 0 bridgehead atoms.